The molecule has 170 valence electrons. The summed E-state index contributed by atoms with van der Waals surface area (Å²) in [6.45, 7) is 5.74. The molecule has 5 aliphatic rings. The molecule has 5 fully saturated rings. The van der Waals surface area contributed by atoms with E-state index >= 15 is 0 Å². The van der Waals surface area contributed by atoms with Crippen LogP contribution < -0.4 is 0 Å². The smallest absolute Gasteiger partial charge is 0.271 e. The summed E-state index contributed by atoms with van der Waals surface area (Å²) in [6.07, 6.45) is 7.88. The summed E-state index contributed by atoms with van der Waals surface area (Å²) in [6, 6.07) is 0.0948. The van der Waals surface area contributed by atoms with Crippen molar-refractivity contribution in [1.29, 1.82) is 0 Å². The van der Waals surface area contributed by atoms with E-state index in [0.29, 0.717) is 42.1 Å². The largest absolute Gasteiger partial charge is 0.390 e. The van der Waals surface area contributed by atoms with Crippen LogP contribution in [-0.4, -0.2) is 75.0 Å². The van der Waals surface area contributed by atoms with Gasteiger partial charge in [0.2, 0.25) is 0 Å². The molecule has 2 unspecified atom stereocenters. The van der Waals surface area contributed by atoms with E-state index in [1.165, 1.54) is 6.33 Å². The van der Waals surface area contributed by atoms with Gasteiger partial charge in [-0.1, -0.05) is 0 Å². The lowest BCUT2D eigenvalue weighted by Gasteiger charge is -2.61. The van der Waals surface area contributed by atoms with Crippen molar-refractivity contribution in [3.05, 3.63) is 23.8 Å². The quantitative estimate of drug-likeness (QED) is 0.765. The number of nitrogens with zero attached hydrogens (tertiary/aromatic N) is 4. The summed E-state index contributed by atoms with van der Waals surface area (Å²) in [4.78, 5) is 22.6. The second kappa shape index (κ2) is 8.06. The van der Waals surface area contributed by atoms with Crippen molar-refractivity contribution in [2.24, 2.45) is 17.8 Å². The summed E-state index contributed by atoms with van der Waals surface area (Å²) < 4.78 is 11.3. The molecule has 1 saturated heterocycles. The topological polar surface area (TPSA) is 88.0 Å². The average molecular weight is 431 g/mol. The van der Waals surface area contributed by atoms with Crippen LogP contribution in [0.2, 0.25) is 0 Å². The summed E-state index contributed by atoms with van der Waals surface area (Å²) >= 11 is 0. The van der Waals surface area contributed by atoms with Gasteiger partial charge in [-0.05, 0) is 63.7 Å². The van der Waals surface area contributed by atoms with E-state index in [1.54, 1.807) is 13.3 Å². The molecular weight excluding hydrogens is 396 g/mol. The molecule has 1 N–H and O–H groups in total. The first-order chi connectivity index (χ1) is 14.9. The van der Waals surface area contributed by atoms with Crippen LogP contribution in [-0.2, 0) is 16.1 Å². The Hall–Kier alpha value is -1.61. The van der Waals surface area contributed by atoms with Crippen LogP contribution in [0, 0.1) is 17.8 Å². The van der Waals surface area contributed by atoms with Crippen LogP contribution >= 0.6 is 0 Å². The summed E-state index contributed by atoms with van der Waals surface area (Å²) in [5.41, 5.74) is 0.581. The van der Waals surface area contributed by atoms with Gasteiger partial charge in [0.25, 0.3) is 5.91 Å². The number of morpholine rings is 1. The molecule has 4 bridgehead atoms. The Bertz CT molecular complexity index is 810. The van der Waals surface area contributed by atoms with E-state index in [2.05, 4.69) is 28.8 Å². The molecule has 1 aliphatic heterocycles. The molecule has 4 atom stereocenters. The molecule has 1 aromatic rings. The number of aliphatic hydroxyl groups is 1. The maximum atomic E-state index is 14.1. The van der Waals surface area contributed by atoms with Crippen LogP contribution in [0.1, 0.15) is 62.0 Å². The minimum absolute atomic E-state index is 0.0468. The van der Waals surface area contributed by atoms with Gasteiger partial charge in [-0.15, -0.1) is 0 Å². The van der Waals surface area contributed by atoms with Crippen LogP contribution in [0.3, 0.4) is 0 Å². The van der Waals surface area contributed by atoms with Gasteiger partial charge in [-0.3, -0.25) is 9.80 Å². The summed E-state index contributed by atoms with van der Waals surface area (Å²) in [7, 11) is 1.61. The highest BCUT2D eigenvalue weighted by molar-refractivity contribution is 5.95. The zero-order valence-corrected chi connectivity index (χ0v) is 18.7. The average Bonchev–Trinajstić information content (AvgIpc) is 2.69. The van der Waals surface area contributed by atoms with Crippen LogP contribution in [0.25, 0.3) is 0 Å². The highest BCUT2D eigenvalue weighted by Crippen LogP contribution is 2.57. The highest BCUT2D eigenvalue weighted by atomic mass is 16.5. The predicted octanol–water partition coefficient (Wildman–Crippen LogP) is 2.03. The second-order valence-electron chi connectivity index (χ2n) is 10.3. The number of amides is 1. The third-order valence-electron chi connectivity index (χ3n) is 7.69. The van der Waals surface area contributed by atoms with Gasteiger partial charge < -0.3 is 14.6 Å². The first-order valence-corrected chi connectivity index (χ1v) is 11.6. The van der Waals surface area contributed by atoms with Crippen molar-refractivity contribution in [1.82, 2.24) is 20.0 Å². The summed E-state index contributed by atoms with van der Waals surface area (Å²) in [5.74, 6) is 1.18. The molecule has 2 heterocycles. The van der Waals surface area contributed by atoms with E-state index in [9.17, 15) is 9.90 Å². The van der Waals surface area contributed by atoms with Crippen molar-refractivity contribution in [3.63, 3.8) is 0 Å². The van der Waals surface area contributed by atoms with Crippen molar-refractivity contribution in [3.8, 4) is 0 Å². The zero-order chi connectivity index (χ0) is 21.8. The van der Waals surface area contributed by atoms with Crippen molar-refractivity contribution < 1.29 is 19.4 Å². The molecular formula is C23H34N4O4. The van der Waals surface area contributed by atoms with Gasteiger partial charge in [0.05, 0.1) is 41.7 Å². The Morgan fingerprint density at radius 1 is 1.26 bits per heavy atom. The van der Waals surface area contributed by atoms with Gasteiger partial charge >= 0.3 is 0 Å². The van der Waals surface area contributed by atoms with E-state index in [4.69, 9.17) is 9.47 Å². The fourth-order valence-corrected chi connectivity index (χ4v) is 7.04. The SMILES string of the molecule is COCc1ncncc1C(=O)N(C1C2CC3CC1CC(O)(C3)C2)N1C[C@@H](C)O[C@@H](C)C1. The monoisotopic (exact) mass is 430 g/mol. The van der Waals surface area contributed by atoms with E-state index in [0.717, 1.165) is 32.1 Å². The van der Waals surface area contributed by atoms with Gasteiger partial charge in [-0.25, -0.2) is 15.0 Å². The van der Waals surface area contributed by atoms with E-state index in [-0.39, 0.29) is 30.8 Å². The molecule has 1 aromatic heterocycles. The normalized spacial score (nSPS) is 39.6. The first-order valence-electron chi connectivity index (χ1n) is 11.6. The number of rotatable bonds is 5. The Balaban J connectivity index is 1.52. The molecule has 1 amide bonds. The van der Waals surface area contributed by atoms with E-state index < -0.39 is 5.60 Å². The number of hydrogen-bond donors (Lipinski definition) is 1. The van der Waals surface area contributed by atoms with Gasteiger partial charge in [0.15, 0.2) is 0 Å². The van der Waals surface area contributed by atoms with Gasteiger partial charge in [-0.2, -0.15) is 0 Å². The number of carbonyl (C=O) groups is 1. The van der Waals surface area contributed by atoms with Crippen LogP contribution in [0.4, 0.5) is 0 Å². The minimum Gasteiger partial charge on any atom is -0.390 e. The molecule has 0 spiro atoms. The number of ether oxygens (including phenoxy) is 2. The molecule has 0 aromatic carbocycles. The maximum absolute atomic E-state index is 14.1. The summed E-state index contributed by atoms with van der Waals surface area (Å²) in [5, 5.41) is 15.3. The van der Waals surface area contributed by atoms with Gasteiger partial charge in [0.1, 0.15) is 6.33 Å². The van der Waals surface area contributed by atoms with Crippen molar-refractivity contribution in [2.75, 3.05) is 20.2 Å². The third-order valence-corrected chi connectivity index (χ3v) is 7.69. The van der Waals surface area contributed by atoms with Crippen molar-refractivity contribution in [2.45, 2.75) is 76.4 Å². The standard InChI is InChI=1S/C23H34N4O4/c1-14-10-26(11-15(2)31-14)27(22(28)19-9-24-13-25-20(19)12-30-3)21-17-4-16-5-18(21)8-23(29,6-16)7-17/h9,13-18,21,29H,4-8,10-12H2,1-3H3/t14-,15+,16?,17?,18?,21?,23?. The molecule has 8 nitrogen and oxygen atoms in total. The molecule has 0 radical (unpaired) electrons. The fourth-order valence-electron chi connectivity index (χ4n) is 7.04. The minimum atomic E-state index is -0.537. The molecule has 8 heteroatoms. The Morgan fingerprint density at radius 2 is 1.94 bits per heavy atom. The lowest BCUT2D eigenvalue weighted by atomic mass is 9.52. The maximum Gasteiger partial charge on any atom is 0.271 e. The second-order valence-corrected chi connectivity index (χ2v) is 10.3. The first kappa shape index (κ1) is 21.2. The fraction of sp³-hybridized carbons (Fsp3) is 0.783. The molecule has 4 aliphatic carbocycles. The van der Waals surface area contributed by atoms with Crippen LogP contribution in [0.15, 0.2) is 12.5 Å². The molecule has 6 rings (SSSR count). The third kappa shape index (κ3) is 3.88. The molecule has 4 saturated carbocycles. The Morgan fingerprint density at radius 3 is 2.55 bits per heavy atom. The number of carbonyl (C=O) groups excluding carboxylic acids is 1. The molecule has 31 heavy (non-hydrogen) atoms. The van der Waals surface area contributed by atoms with E-state index in [1.807, 2.05) is 5.01 Å². The lowest BCUT2D eigenvalue weighted by molar-refractivity contribution is -0.204. The number of hydrogen-bond acceptors (Lipinski definition) is 7. The highest BCUT2D eigenvalue weighted by Gasteiger charge is 2.58. The lowest BCUT2D eigenvalue weighted by Crippen LogP contribution is -2.67. The zero-order valence-electron chi connectivity index (χ0n) is 18.7. The Labute approximate surface area is 183 Å². The predicted molar refractivity (Wildman–Crippen MR) is 113 cm³/mol. The van der Waals surface area contributed by atoms with Gasteiger partial charge in [0, 0.05) is 26.4 Å². The Kier molecular flexibility index (Phi) is 5.53. The number of methoxy groups -OCH3 is 1. The van der Waals surface area contributed by atoms with Crippen LogP contribution in [0.5, 0.6) is 0 Å². The number of aromatic nitrogens is 2. The number of hydrazine groups is 1. The van der Waals surface area contributed by atoms with Crippen molar-refractivity contribution >= 4 is 5.91 Å².